The first kappa shape index (κ1) is 13.6. The predicted octanol–water partition coefficient (Wildman–Crippen LogP) is 1.34. The Balaban J connectivity index is 3.29. The minimum Gasteiger partial charge on any atom is -0.496 e. The average Bonchev–Trinajstić information content (AvgIpc) is 2.36. The molecule has 18 heavy (non-hydrogen) atoms. The van der Waals surface area contributed by atoms with Gasteiger partial charge in [0.1, 0.15) is 17.2 Å². The van der Waals surface area contributed by atoms with Gasteiger partial charge in [0.15, 0.2) is 0 Å². The van der Waals surface area contributed by atoms with E-state index in [0.717, 1.165) is 6.08 Å². The number of carbonyl (C=O) groups is 2. The molecule has 0 atom stereocenters. The number of hydrogen-bond acceptors (Lipinski definition) is 5. The topological polar surface area (TPSA) is 82.1 Å². The van der Waals surface area contributed by atoms with Gasteiger partial charge in [0, 0.05) is 18.2 Å². The van der Waals surface area contributed by atoms with Crippen molar-refractivity contribution in [1.29, 1.82) is 0 Å². The molecule has 0 aliphatic carbocycles. The fourth-order valence-corrected chi connectivity index (χ4v) is 1.36. The Labute approximate surface area is 103 Å². The van der Waals surface area contributed by atoms with Gasteiger partial charge in [0.05, 0.1) is 19.8 Å². The van der Waals surface area contributed by atoms with Crippen molar-refractivity contribution in [3.05, 3.63) is 23.8 Å². The lowest BCUT2D eigenvalue weighted by Crippen LogP contribution is -1.96. The Kier molecular flexibility index (Phi) is 4.74. The molecule has 0 aliphatic heterocycles. The molecule has 0 radical (unpaired) electrons. The van der Waals surface area contributed by atoms with Gasteiger partial charge in [-0.2, -0.15) is 0 Å². The first-order chi connectivity index (χ1) is 8.62. The molecule has 1 aromatic carbocycles. The molecule has 1 aromatic rings. The van der Waals surface area contributed by atoms with E-state index in [2.05, 4.69) is 0 Å². The third-order valence-electron chi connectivity index (χ3n) is 2.09. The molecule has 96 valence electrons. The summed E-state index contributed by atoms with van der Waals surface area (Å²) in [5.74, 6) is -0.175. The van der Waals surface area contributed by atoms with Gasteiger partial charge in [-0.15, -0.1) is 0 Å². The average molecular weight is 252 g/mol. The summed E-state index contributed by atoms with van der Waals surface area (Å²) in [5, 5.41) is 8.60. The summed E-state index contributed by atoms with van der Waals surface area (Å²) in [6, 6.07) is 2.91. The van der Waals surface area contributed by atoms with Crippen LogP contribution in [0.15, 0.2) is 18.2 Å². The molecule has 0 spiro atoms. The van der Waals surface area contributed by atoms with Crippen molar-refractivity contribution in [1.82, 2.24) is 0 Å². The van der Waals surface area contributed by atoms with Gasteiger partial charge in [-0.3, -0.25) is 4.79 Å². The minimum absolute atomic E-state index is 0.242. The van der Waals surface area contributed by atoms with Crippen LogP contribution in [0.4, 0.5) is 0 Å². The van der Waals surface area contributed by atoms with E-state index in [1.807, 2.05) is 0 Å². The molecule has 0 aromatic heterocycles. The molecule has 0 saturated carbocycles. The van der Waals surface area contributed by atoms with Crippen LogP contribution >= 0.6 is 0 Å². The zero-order valence-corrected chi connectivity index (χ0v) is 9.88. The first-order valence-electron chi connectivity index (χ1n) is 4.89. The van der Waals surface area contributed by atoms with Crippen LogP contribution in [0.2, 0.25) is 0 Å². The molecular formula is C12H12O6. The Morgan fingerprint density at radius 2 is 1.78 bits per heavy atom. The SMILES string of the molecule is COc1cc(OC=O)cc(OC)c1C=CC(=O)O. The lowest BCUT2D eigenvalue weighted by molar-refractivity contribution is -0.131. The summed E-state index contributed by atoms with van der Waals surface area (Å²) in [6.45, 7) is 0.279. The Morgan fingerprint density at radius 3 is 2.17 bits per heavy atom. The maximum absolute atomic E-state index is 10.5. The quantitative estimate of drug-likeness (QED) is 0.607. The molecule has 0 fully saturated rings. The van der Waals surface area contributed by atoms with Crippen LogP contribution in [0.5, 0.6) is 17.2 Å². The summed E-state index contributed by atoms with van der Waals surface area (Å²) < 4.78 is 14.9. The van der Waals surface area contributed by atoms with E-state index in [4.69, 9.17) is 19.3 Å². The first-order valence-corrected chi connectivity index (χ1v) is 4.89. The number of benzene rings is 1. The van der Waals surface area contributed by atoms with E-state index in [9.17, 15) is 9.59 Å². The maximum atomic E-state index is 10.5. The Morgan fingerprint density at radius 1 is 1.22 bits per heavy atom. The molecule has 0 unspecified atom stereocenters. The minimum atomic E-state index is -1.09. The standard InChI is InChI=1S/C12H12O6/c1-16-10-5-8(18-7-13)6-11(17-2)9(10)3-4-12(14)15/h3-7H,1-2H3,(H,14,15). The van der Waals surface area contributed by atoms with Gasteiger partial charge in [-0.05, 0) is 6.08 Å². The number of carbonyl (C=O) groups excluding carboxylic acids is 1. The van der Waals surface area contributed by atoms with E-state index in [1.165, 1.54) is 32.4 Å². The van der Waals surface area contributed by atoms with Crippen LogP contribution in [0, 0.1) is 0 Å². The summed E-state index contributed by atoms with van der Waals surface area (Å²) in [6.07, 6.45) is 2.30. The second-order valence-electron chi connectivity index (χ2n) is 3.13. The lowest BCUT2D eigenvalue weighted by atomic mass is 10.1. The van der Waals surface area contributed by atoms with Gasteiger partial charge >= 0.3 is 5.97 Å². The Bertz CT molecular complexity index is 452. The molecule has 0 amide bonds. The van der Waals surface area contributed by atoms with Gasteiger partial charge < -0.3 is 19.3 Å². The van der Waals surface area contributed by atoms with Crippen LogP contribution in [-0.2, 0) is 9.59 Å². The second-order valence-corrected chi connectivity index (χ2v) is 3.13. The second kappa shape index (κ2) is 6.29. The van der Waals surface area contributed by atoms with Crippen LogP contribution in [-0.4, -0.2) is 31.8 Å². The van der Waals surface area contributed by atoms with E-state index in [1.54, 1.807) is 0 Å². The molecule has 0 heterocycles. The monoisotopic (exact) mass is 252 g/mol. The van der Waals surface area contributed by atoms with Crippen molar-refractivity contribution in [2.24, 2.45) is 0 Å². The zero-order valence-electron chi connectivity index (χ0n) is 9.88. The third kappa shape index (κ3) is 3.24. The Hall–Kier alpha value is -2.50. The predicted molar refractivity (Wildman–Crippen MR) is 62.9 cm³/mol. The van der Waals surface area contributed by atoms with Crippen molar-refractivity contribution in [2.45, 2.75) is 0 Å². The highest BCUT2D eigenvalue weighted by atomic mass is 16.5. The van der Waals surface area contributed by atoms with Gasteiger partial charge in [0.25, 0.3) is 6.47 Å². The highest BCUT2D eigenvalue weighted by Crippen LogP contribution is 2.34. The van der Waals surface area contributed by atoms with Gasteiger partial charge in [-0.1, -0.05) is 0 Å². The van der Waals surface area contributed by atoms with Crippen LogP contribution in [0.3, 0.4) is 0 Å². The summed E-state index contributed by atoms with van der Waals surface area (Å²) >= 11 is 0. The molecular weight excluding hydrogens is 240 g/mol. The van der Waals surface area contributed by atoms with E-state index in [0.29, 0.717) is 17.1 Å². The van der Waals surface area contributed by atoms with Crippen molar-refractivity contribution >= 4 is 18.5 Å². The molecule has 1 N–H and O–H groups in total. The number of aliphatic carboxylic acids is 1. The zero-order chi connectivity index (χ0) is 13.5. The molecule has 0 saturated heterocycles. The number of rotatable bonds is 6. The largest absolute Gasteiger partial charge is 0.496 e. The van der Waals surface area contributed by atoms with Gasteiger partial charge in [0.2, 0.25) is 0 Å². The van der Waals surface area contributed by atoms with Crippen molar-refractivity contribution < 1.29 is 28.9 Å². The fraction of sp³-hybridized carbons (Fsp3) is 0.167. The third-order valence-corrected chi connectivity index (χ3v) is 2.09. The van der Waals surface area contributed by atoms with Crippen LogP contribution in [0.1, 0.15) is 5.56 Å². The number of hydrogen-bond donors (Lipinski definition) is 1. The van der Waals surface area contributed by atoms with Crippen molar-refractivity contribution in [2.75, 3.05) is 14.2 Å². The van der Waals surface area contributed by atoms with Crippen LogP contribution < -0.4 is 14.2 Å². The van der Waals surface area contributed by atoms with Gasteiger partial charge in [-0.25, -0.2) is 4.79 Å². The maximum Gasteiger partial charge on any atom is 0.328 e. The molecule has 0 bridgehead atoms. The summed E-state index contributed by atoms with van der Waals surface area (Å²) in [5.41, 5.74) is 0.445. The molecule has 6 nitrogen and oxygen atoms in total. The molecule has 1 rings (SSSR count). The van der Waals surface area contributed by atoms with Crippen LogP contribution in [0.25, 0.3) is 6.08 Å². The summed E-state index contributed by atoms with van der Waals surface area (Å²) in [7, 11) is 2.83. The lowest BCUT2D eigenvalue weighted by Gasteiger charge is -2.11. The number of ether oxygens (including phenoxy) is 3. The van der Waals surface area contributed by atoms with Crippen molar-refractivity contribution in [3.63, 3.8) is 0 Å². The number of methoxy groups -OCH3 is 2. The molecule has 6 heteroatoms. The summed E-state index contributed by atoms with van der Waals surface area (Å²) in [4.78, 5) is 20.8. The smallest absolute Gasteiger partial charge is 0.328 e. The van der Waals surface area contributed by atoms with E-state index < -0.39 is 5.97 Å². The number of carboxylic acid groups (broad SMARTS) is 1. The normalized spacial score (nSPS) is 10.1. The fourth-order valence-electron chi connectivity index (χ4n) is 1.36. The van der Waals surface area contributed by atoms with E-state index in [-0.39, 0.29) is 12.2 Å². The number of carboxylic acids is 1. The highest BCUT2D eigenvalue weighted by Gasteiger charge is 2.11. The van der Waals surface area contributed by atoms with Crippen molar-refractivity contribution in [3.8, 4) is 17.2 Å². The van der Waals surface area contributed by atoms with E-state index >= 15 is 0 Å². The molecule has 0 aliphatic rings. The highest BCUT2D eigenvalue weighted by molar-refractivity contribution is 5.87.